The first kappa shape index (κ1) is 26.9. The molecule has 1 aliphatic rings. The summed E-state index contributed by atoms with van der Waals surface area (Å²) >= 11 is 0. The van der Waals surface area contributed by atoms with Crippen molar-refractivity contribution in [1.82, 2.24) is 38.8 Å². The fourth-order valence-electron chi connectivity index (χ4n) is 5.11. The summed E-state index contributed by atoms with van der Waals surface area (Å²) in [6.45, 7) is 12.8. The molecule has 4 aromatic rings. The van der Waals surface area contributed by atoms with Gasteiger partial charge in [0.15, 0.2) is 0 Å². The van der Waals surface area contributed by atoms with E-state index in [-0.39, 0.29) is 18.8 Å². The Hall–Kier alpha value is -3.70. The first-order valence-electron chi connectivity index (χ1n) is 13.7. The van der Waals surface area contributed by atoms with E-state index in [0.29, 0.717) is 31.5 Å². The standard InChI is InChI=1S/C28H38N8O3/c1-7-22-26-23-15-35-20(12-29-23)13-30-25(35)11-10-21-24(36(18(4)17-37)32-27(21)38-9-3)16-34(8-2)14-19(5)39-28(26)33(6)31-22/h10-13,15,18-19,37H,7-9,14,16-17H2,1-6H3/b11-10+/t18-,19-/m0/s1. The molecule has 0 fully saturated rings. The van der Waals surface area contributed by atoms with Crippen LogP contribution in [0, 0.1) is 0 Å². The maximum absolute atomic E-state index is 10.0. The number of aliphatic hydroxyl groups excluding tert-OH is 1. The largest absolute Gasteiger partial charge is 0.476 e. The predicted molar refractivity (Wildman–Crippen MR) is 150 cm³/mol. The fraction of sp³-hybridized carbons (Fsp3) is 0.500. The lowest BCUT2D eigenvalue weighted by molar-refractivity contribution is 0.132. The van der Waals surface area contributed by atoms with Crippen molar-refractivity contribution in [3.05, 3.63) is 41.4 Å². The molecule has 5 rings (SSSR count). The second kappa shape index (κ2) is 11.2. The van der Waals surface area contributed by atoms with Gasteiger partial charge in [-0.25, -0.2) is 9.67 Å². The third kappa shape index (κ3) is 5.04. The number of aromatic nitrogens is 7. The Bertz CT molecular complexity index is 1480. The van der Waals surface area contributed by atoms with Crippen molar-refractivity contribution in [2.75, 3.05) is 26.3 Å². The molecule has 5 heterocycles. The Kier molecular flexibility index (Phi) is 7.72. The van der Waals surface area contributed by atoms with Crippen molar-refractivity contribution in [2.24, 2.45) is 7.05 Å². The maximum atomic E-state index is 10.0. The van der Waals surface area contributed by atoms with Crippen LogP contribution < -0.4 is 9.47 Å². The minimum Gasteiger partial charge on any atom is -0.476 e. The van der Waals surface area contributed by atoms with Crippen LogP contribution in [0.1, 0.15) is 63.4 Å². The van der Waals surface area contributed by atoms with Crippen LogP contribution in [-0.2, 0) is 20.0 Å². The van der Waals surface area contributed by atoms with Gasteiger partial charge >= 0.3 is 0 Å². The Morgan fingerprint density at radius 3 is 2.67 bits per heavy atom. The molecule has 0 aromatic carbocycles. The second-order valence-corrected chi connectivity index (χ2v) is 9.95. The summed E-state index contributed by atoms with van der Waals surface area (Å²) in [5, 5.41) is 19.5. The van der Waals surface area contributed by atoms with E-state index >= 15 is 0 Å². The van der Waals surface area contributed by atoms with E-state index in [1.165, 1.54) is 0 Å². The van der Waals surface area contributed by atoms with Crippen LogP contribution in [0.3, 0.4) is 0 Å². The van der Waals surface area contributed by atoms with E-state index in [9.17, 15) is 5.11 Å². The highest BCUT2D eigenvalue weighted by molar-refractivity contribution is 5.74. The van der Waals surface area contributed by atoms with Gasteiger partial charge in [0.2, 0.25) is 11.8 Å². The zero-order valence-electron chi connectivity index (χ0n) is 23.6. The van der Waals surface area contributed by atoms with Crippen molar-refractivity contribution < 1.29 is 14.6 Å². The quantitative estimate of drug-likeness (QED) is 0.400. The first-order valence-corrected chi connectivity index (χ1v) is 13.7. The van der Waals surface area contributed by atoms with E-state index in [0.717, 1.165) is 52.5 Å². The van der Waals surface area contributed by atoms with Crippen LogP contribution in [0.25, 0.3) is 28.9 Å². The number of ether oxygens (including phenoxy) is 2. The van der Waals surface area contributed by atoms with Gasteiger partial charge in [-0.2, -0.15) is 5.10 Å². The Morgan fingerprint density at radius 2 is 1.95 bits per heavy atom. The predicted octanol–water partition coefficient (Wildman–Crippen LogP) is 3.61. The third-order valence-corrected chi connectivity index (χ3v) is 7.13. The number of aryl methyl sites for hydroxylation is 2. The van der Waals surface area contributed by atoms with E-state index in [2.05, 4.69) is 30.7 Å². The molecule has 0 saturated heterocycles. The van der Waals surface area contributed by atoms with E-state index in [4.69, 9.17) is 24.7 Å². The highest BCUT2D eigenvalue weighted by atomic mass is 16.5. The maximum Gasteiger partial charge on any atom is 0.240 e. The normalized spacial score (nSPS) is 17.8. The highest BCUT2D eigenvalue weighted by Gasteiger charge is 2.26. The number of imidazole rings is 1. The van der Waals surface area contributed by atoms with E-state index < -0.39 is 0 Å². The lowest BCUT2D eigenvalue weighted by Gasteiger charge is -2.26. The molecule has 2 bridgehead atoms. The molecule has 1 aliphatic heterocycles. The molecular weight excluding hydrogens is 496 g/mol. The first-order chi connectivity index (χ1) is 18.9. The summed E-state index contributed by atoms with van der Waals surface area (Å²) in [7, 11) is 1.91. The number of likely N-dealkylation sites (N-methyl/N-ethyl adjacent to an activating group) is 1. The monoisotopic (exact) mass is 534 g/mol. The summed E-state index contributed by atoms with van der Waals surface area (Å²) in [5.74, 6) is 2.00. The number of nitrogens with zero attached hydrogens (tertiary/aromatic N) is 8. The summed E-state index contributed by atoms with van der Waals surface area (Å²) < 4.78 is 18.3. The smallest absolute Gasteiger partial charge is 0.240 e. The van der Waals surface area contributed by atoms with Crippen molar-refractivity contribution in [1.29, 1.82) is 0 Å². The summed E-state index contributed by atoms with van der Waals surface area (Å²) in [5.41, 5.74) is 5.36. The number of rotatable bonds is 6. The molecule has 208 valence electrons. The van der Waals surface area contributed by atoms with Crippen molar-refractivity contribution in [3.8, 4) is 23.0 Å². The van der Waals surface area contributed by atoms with Crippen LogP contribution >= 0.6 is 0 Å². The molecular formula is C28H38N8O3. The van der Waals surface area contributed by atoms with Crippen LogP contribution in [0.2, 0.25) is 0 Å². The van der Waals surface area contributed by atoms with Gasteiger partial charge in [-0.1, -0.05) is 13.8 Å². The molecule has 4 aromatic heterocycles. The number of aliphatic hydroxyl groups is 1. The summed E-state index contributed by atoms with van der Waals surface area (Å²) in [6, 6.07) is -0.207. The Labute approximate surface area is 228 Å². The molecule has 0 spiro atoms. The minimum absolute atomic E-state index is 0.0290. The van der Waals surface area contributed by atoms with Crippen molar-refractivity contribution >= 4 is 17.7 Å². The zero-order chi connectivity index (χ0) is 27.7. The van der Waals surface area contributed by atoms with Gasteiger partial charge < -0.3 is 14.6 Å². The SMILES string of the molecule is CCOc1nn([C@@H](C)CO)c2c1/C=C/c1ncc3cnc(cn13)-c1c(CC)nn(C)c1O[C@@H](C)CN(CC)C2. The van der Waals surface area contributed by atoms with Crippen molar-refractivity contribution in [2.45, 2.75) is 59.7 Å². The van der Waals surface area contributed by atoms with Crippen molar-refractivity contribution in [3.63, 3.8) is 0 Å². The number of fused-ring (bicyclic) bond motifs is 4. The molecule has 0 aliphatic carbocycles. The number of hydrogen-bond donors (Lipinski definition) is 1. The summed E-state index contributed by atoms with van der Waals surface area (Å²) in [4.78, 5) is 11.8. The topological polar surface area (TPSA) is 108 Å². The van der Waals surface area contributed by atoms with E-state index in [1.807, 2.05) is 65.4 Å². The highest BCUT2D eigenvalue weighted by Crippen LogP contribution is 2.34. The van der Waals surface area contributed by atoms with Crippen LogP contribution in [0.4, 0.5) is 0 Å². The van der Waals surface area contributed by atoms with Gasteiger partial charge in [-0.3, -0.25) is 19.0 Å². The Balaban J connectivity index is 1.73. The van der Waals surface area contributed by atoms with Gasteiger partial charge in [0, 0.05) is 26.3 Å². The van der Waals surface area contributed by atoms with Gasteiger partial charge in [0.05, 0.1) is 65.4 Å². The molecule has 0 amide bonds. The average molecular weight is 535 g/mol. The lowest BCUT2D eigenvalue weighted by Crippen LogP contribution is -2.35. The van der Waals surface area contributed by atoms with Gasteiger partial charge in [0.1, 0.15) is 11.9 Å². The molecule has 2 atom stereocenters. The molecule has 0 saturated carbocycles. The third-order valence-electron chi connectivity index (χ3n) is 7.13. The van der Waals surface area contributed by atoms with Crippen LogP contribution in [0.5, 0.6) is 11.8 Å². The molecule has 1 N–H and O–H groups in total. The molecule has 0 unspecified atom stereocenters. The van der Waals surface area contributed by atoms with Crippen LogP contribution in [0.15, 0.2) is 18.6 Å². The van der Waals surface area contributed by atoms with Gasteiger partial charge in [-0.15, -0.1) is 5.10 Å². The molecule has 0 radical (unpaired) electrons. The van der Waals surface area contributed by atoms with Crippen LogP contribution in [-0.4, -0.2) is 76.3 Å². The van der Waals surface area contributed by atoms with E-state index in [1.54, 1.807) is 0 Å². The lowest BCUT2D eigenvalue weighted by atomic mass is 10.1. The van der Waals surface area contributed by atoms with Gasteiger partial charge in [-0.05, 0) is 45.9 Å². The second-order valence-electron chi connectivity index (χ2n) is 9.95. The minimum atomic E-state index is -0.207. The molecule has 11 nitrogen and oxygen atoms in total. The summed E-state index contributed by atoms with van der Waals surface area (Å²) in [6.07, 6.45) is 10.3. The Morgan fingerprint density at radius 1 is 1.15 bits per heavy atom. The molecule has 11 heteroatoms. The number of hydrogen-bond acceptors (Lipinski definition) is 8. The average Bonchev–Trinajstić information content (AvgIpc) is 3.59. The zero-order valence-corrected chi connectivity index (χ0v) is 23.6. The molecule has 39 heavy (non-hydrogen) atoms. The fourth-order valence-corrected chi connectivity index (χ4v) is 5.11. The van der Waals surface area contributed by atoms with Gasteiger partial charge in [0.25, 0.3) is 0 Å².